The molecule has 0 radical (unpaired) electrons. The molecule has 0 saturated carbocycles. The van der Waals surface area contributed by atoms with Gasteiger partial charge in [-0.2, -0.15) is 0 Å². The molecule has 1 aromatic carbocycles. The van der Waals surface area contributed by atoms with Gasteiger partial charge in [-0.15, -0.1) is 0 Å². The standard InChI is InChI=1S/C12H20N2O/c1-14(2)11-6-5-7-12(10-11)15-9-4-3-8-13/h5-7,10H,3-4,8-9,13H2,1-2H3. The van der Waals surface area contributed by atoms with Crippen molar-refractivity contribution in [2.45, 2.75) is 12.8 Å². The normalized spacial score (nSPS) is 10.1. The van der Waals surface area contributed by atoms with Crippen molar-refractivity contribution in [2.75, 3.05) is 32.1 Å². The molecule has 3 nitrogen and oxygen atoms in total. The quantitative estimate of drug-likeness (QED) is 0.725. The first-order valence-electron chi connectivity index (χ1n) is 5.34. The van der Waals surface area contributed by atoms with E-state index in [1.54, 1.807) is 0 Å². The summed E-state index contributed by atoms with van der Waals surface area (Å²) in [5.74, 6) is 0.929. The van der Waals surface area contributed by atoms with E-state index in [2.05, 4.69) is 11.0 Å². The summed E-state index contributed by atoms with van der Waals surface area (Å²) in [6.45, 7) is 1.48. The van der Waals surface area contributed by atoms with Gasteiger partial charge < -0.3 is 15.4 Å². The largest absolute Gasteiger partial charge is 0.494 e. The molecule has 0 unspecified atom stereocenters. The molecule has 15 heavy (non-hydrogen) atoms. The lowest BCUT2D eigenvalue weighted by molar-refractivity contribution is 0.308. The van der Waals surface area contributed by atoms with E-state index in [1.165, 1.54) is 0 Å². The number of unbranched alkanes of at least 4 members (excludes halogenated alkanes) is 1. The van der Waals surface area contributed by atoms with Crippen LogP contribution in [0.25, 0.3) is 0 Å². The van der Waals surface area contributed by atoms with Crippen LogP contribution >= 0.6 is 0 Å². The van der Waals surface area contributed by atoms with Crippen LogP contribution in [0.15, 0.2) is 24.3 Å². The lowest BCUT2D eigenvalue weighted by atomic mass is 10.3. The average molecular weight is 208 g/mol. The maximum Gasteiger partial charge on any atom is 0.121 e. The van der Waals surface area contributed by atoms with Crippen molar-refractivity contribution in [3.8, 4) is 5.75 Å². The molecule has 0 amide bonds. The van der Waals surface area contributed by atoms with Crippen molar-refractivity contribution in [1.29, 1.82) is 0 Å². The Morgan fingerprint density at radius 1 is 1.27 bits per heavy atom. The van der Waals surface area contributed by atoms with Gasteiger partial charge in [-0.25, -0.2) is 0 Å². The third-order valence-corrected chi connectivity index (χ3v) is 2.20. The molecule has 84 valence electrons. The van der Waals surface area contributed by atoms with E-state index in [0.29, 0.717) is 0 Å². The molecule has 1 rings (SSSR count). The summed E-state index contributed by atoms with van der Waals surface area (Å²) < 4.78 is 5.62. The van der Waals surface area contributed by atoms with Crippen LogP contribution in [0, 0.1) is 0 Å². The Morgan fingerprint density at radius 2 is 2.07 bits per heavy atom. The van der Waals surface area contributed by atoms with E-state index < -0.39 is 0 Å². The Labute approximate surface area is 91.8 Å². The summed E-state index contributed by atoms with van der Waals surface area (Å²) in [4.78, 5) is 2.06. The van der Waals surface area contributed by atoms with Crippen molar-refractivity contribution in [3.05, 3.63) is 24.3 Å². The Kier molecular flexibility index (Phi) is 4.98. The lowest BCUT2D eigenvalue weighted by Crippen LogP contribution is -2.08. The molecule has 0 fully saturated rings. The average Bonchev–Trinajstić information content (AvgIpc) is 2.25. The third kappa shape index (κ3) is 4.21. The zero-order chi connectivity index (χ0) is 11.1. The van der Waals surface area contributed by atoms with Crippen LogP contribution in [-0.2, 0) is 0 Å². The summed E-state index contributed by atoms with van der Waals surface area (Å²) in [6.07, 6.45) is 2.04. The second kappa shape index (κ2) is 6.30. The number of nitrogens with zero attached hydrogens (tertiary/aromatic N) is 1. The Morgan fingerprint density at radius 3 is 2.73 bits per heavy atom. The fourth-order valence-corrected chi connectivity index (χ4v) is 1.29. The summed E-state index contributed by atoms with van der Waals surface area (Å²) in [5, 5.41) is 0. The predicted molar refractivity (Wildman–Crippen MR) is 64.6 cm³/mol. The highest BCUT2D eigenvalue weighted by Gasteiger charge is 1.97. The smallest absolute Gasteiger partial charge is 0.121 e. The van der Waals surface area contributed by atoms with Crippen LogP contribution in [0.5, 0.6) is 5.75 Å². The van der Waals surface area contributed by atoms with Gasteiger partial charge in [0.1, 0.15) is 5.75 Å². The minimum atomic E-state index is 0.737. The van der Waals surface area contributed by atoms with Crippen LogP contribution in [0.3, 0.4) is 0 Å². The summed E-state index contributed by atoms with van der Waals surface area (Å²) in [6, 6.07) is 8.10. The highest BCUT2D eigenvalue weighted by atomic mass is 16.5. The van der Waals surface area contributed by atoms with Crippen LogP contribution < -0.4 is 15.4 Å². The predicted octanol–water partition coefficient (Wildman–Crippen LogP) is 1.87. The van der Waals surface area contributed by atoms with E-state index in [9.17, 15) is 0 Å². The Hall–Kier alpha value is -1.22. The highest BCUT2D eigenvalue weighted by Crippen LogP contribution is 2.19. The van der Waals surface area contributed by atoms with Gasteiger partial charge in [-0.05, 0) is 31.5 Å². The fourth-order valence-electron chi connectivity index (χ4n) is 1.29. The van der Waals surface area contributed by atoms with Gasteiger partial charge in [0.05, 0.1) is 6.61 Å². The van der Waals surface area contributed by atoms with Gasteiger partial charge in [0.25, 0.3) is 0 Å². The van der Waals surface area contributed by atoms with Crippen molar-refractivity contribution in [3.63, 3.8) is 0 Å². The first-order valence-corrected chi connectivity index (χ1v) is 5.34. The number of ether oxygens (including phenoxy) is 1. The SMILES string of the molecule is CN(C)c1cccc(OCCCCN)c1. The molecule has 0 spiro atoms. The van der Waals surface area contributed by atoms with E-state index in [4.69, 9.17) is 10.5 Å². The molecule has 0 saturated heterocycles. The first-order chi connectivity index (χ1) is 7.24. The molecule has 0 atom stereocenters. The maximum absolute atomic E-state index is 5.62. The molecule has 2 N–H and O–H groups in total. The lowest BCUT2D eigenvalue weighted by Gasteiger charge is -2.13. The Balaban J connectivity index is 2.43. The molecular formula is C12H20N2O. The minimum Gasteiger partial charge on any atom is -0.494 e. The van der Waals surface area contributed by atoms with Gasteiger partial charge in [-0.1, -0.05) is 6.07 Å². The topological polar surface area (TPSA) is 38.5 Å². The third-order valence-electron chi connectivity index (χ3n) is 2.20. The number of anilines is 1. The van der Waals surface area contributed by atoms with Crippen molar-refractivity contribution >= 4 is 5.69 Å². The van der Waals surface area contributed by atoms with Gasteiger partial charge in [0, 0.05) is 25.8 Å². The first kappa shape index (κ1) is 11.9. The zero-order valence-electron chi connectivity index (χ0n) is 9.57. The number of benzene rings is 1. The highest BCUT2D eigenvalue weighted by molar-refractivity contribution is 5.49. The van der Waals surface area contributed by atoms with E-state index in [-0.39, 0.29) is 0 Å². The van der Waals surface area contributed by atoms with E-state index in [0.717, 1.165) is 37.4 Å². The van der Waals surface area contributed by atoms with E-state index in [1.807, 2.05) is 32.3 Å². The van der Waals surface area contributed by atoms with Gasteiger partial charge in [-0.3, -0.25) is 0 Å². The second-order valence-electron chi connectivity index (χ2n) is 3.74. The van der Waals surface area contributed by atoms with Gasteiger partial charge >= 0.3 is 0 Å². The number of hydrogen-bond donors (Lipinski definition) is 1. The minimum absolute atomic E-state index is 0.737. The summed E-state index contributed by atoms with van der Waals surface area (Å²) in [7, 11) is 4.04. The number of hydrogen-bond acceptors (Lipinski definition) is 3. The summed E-state index contributed by atoms with van der Waals surface area (Å²) >= 11 is 0. The van der Waals surface area contributed by atoms with Gasteiger partial charge in [0.2, 0.25) is 0 Å². The van der Waals surface area contributed by atoms with E-state index >= 15 is 0 Å². The fraction of sp³-hybridized carbons (Fsp3) is 0.500. The molecule has 3 heteroatoms. The van der Waals surface area contributed by atoms with Crippen LogP contribution in [0.4, 0.5) is 5.69 Å². The molecule has 1 aromatic rings. The molecule has 0 heterocycles. The maximum atomic E-state index is 5.62. The number of nitrogens with two attached hydrogens (primary N) is 1. The van der Waals surface area contributed by atoms with Crippen molar-refractivity contribution in [1.82, 2.24) is 0 Å². The van der Waals surface area contributed by atoms with Crippen LogP contribution in [0.2, 0.25) is 0 Å². The van der Waals surface area contributed by atoms with Crippen molar-refractivity contribution < 1.29 is 4.74 Å². The molecule has 0 bridgehead atoms. The summed E-state index contributed by atoms with van der Waals surface area (Å²) in [5.41, 5.74) is 6.57. The monoisotopic (exact) mass is 208 g/mol. The number of rotatable bonds is 6. The molecule has 0 aliphatic heterocycles. The molecule has 0 aromatic heterocycles. The Bertz CT molecular complexity index is 287. The second-order valence-corrected chi connectivity index (χ2v) is 3.74. The van der Waals surface area contributed by atoms with Crippen molar-refractivity contribution in [2.24, 2.45) is 5.73 Å². The molecule has 0 aliphatic rings. The van der Waals surface area contributed by atoms with Crippen LogP contribution in [0.1, 0.15) is 12.8 Å². The zero-order valence-corrected chi connectivity index (χ0v) is 9.57. The van der Waals surface area contributed by atoms with Crippen LogP contribution in [-0.4, -0.2) is 27.2 Å². The molecular weight excluding hydrogens is 188 g/mol. The molecule has 0 aliphatic carbocycles. The van der Waals surface area contributed by atoms with Gasteiger partial charge in [0.15, 0.2) is 0 Å².